The monoisotopic (exact) mass is 321 g/mol. The first-order chi connectivity index (χ1) is 10.9. The maximum absolute atomic E-state index is 10.0. The second-order valence-electron chi connectivity index (χ2n) is 9.02. The minimum Gasteiger partial charge on any atom is -0.396 e. The van der Waals surface area contributed by atoms with Crippen LogP contribution in [0.2, 0.25) is 0 Å². The average Bonchev–Trinajstić information content (AvgIpc) is 2.84. The highest BCUT2D eigenvalue weighted by atomic mass is 16.3. The van der Waals surface area contributed by atoms with E-state index in [0.29, 0.717) is 17.8 Å². The number of aliphatic hydroxyl groups is 2. The molecule has 0 aromatic heterocycles. The van der Waals surface area contributed by atoms with Crippen molar-refractivity contribution < 1.29 is 10.2 Å². The highest BCUT2D eigenvalue weighted by molar-refractivity contribution is 5.20. The number of allylic oxidation sites excluding steroid dienone is 1. The molecule has 3 aliphatic carbocycles. The summed E-state index contributed by atoms with van der Waals surface area (Å²) in [6.07, 6.45) is 7.19. The first-order valence-corrected chi connectivity index (χ1v) is 9.54. The molecule has 0 amide bonds. The standard InChI is InChI=1S/C20H35NO2/c1-13-4-5-17-16(11-21)18(7-9-19(13,17)2)20(3)8-6-15(23)10-14(20)12-22/h14-18,22-23H,1,4-12,21H2,2-3H3/t14?,15?,16?,17-,18-,19+,20-/m0/s1. The molecule has 0 aliphatic heterocycles. The third-order valence-corrected chi connectivity index (χ3v) is 8.24. The third-order valence-electron chi connectivity index (χ3n) is 8.24. The first kappa shape index (κ1) is 17.4. The Labute approximate surface area is 141 Å². The van der Waals surface area contributed by atoms with Crippen molar-refractivity contribution in [1.82, 2.24) is 0 Å². The Kier molecular flexibility index (Phi) is 4.67. The molecular weight excluding hydrogens is 286 g/mol. The van der Waals surface area contributed by atoms with E-state index in [9.17, 15) is 10.2 Å². The van der Waals surface area contributed by atoms with Crippen molar-refractivity contribution in [3.63, 3.8) is 0 Å². The second-order valence-corrected chi connectivity index (χ2v) is 9.02. The predicted molar refractivity (Wildman–Crippen MR) is 93.8 cm³/mol. The fourth-order valence-electron chi connectivity index (χ4n) is 6.51. The minimum absolute atomic E-state index is 0.114. The normalized spacial score (nSPS) is 50.8. The van der Waals surface area contributed by atoms with Crippen LogP contribution in [0, 0.1) is 34.5 Å². The predicted octanol–water partition coefficient (Wildman–Crippen LogP) is 3.10. The summed E-state index contributed by atoms with van der Waals surface area (Å²) in [6, 6.07) is 0. The summed E-state index contributed by atoms with van der Waals surface area (Å²) in [6.45, 7) is 10.1. The van der Waals surface area contributed by atoms with Crippen LogP contribution in [0.25, 0.3) is 0 Å². The zero-order chi connectivity index (χ0) is 16.8. The molecule has 4 N–H and O–H groups in total. The molecule has 3 saturated carbocycles. The second kappa shape index (κ2) is 6.16. The van der Waals surface area contributed by atoms with E-state index in [1.165, 1.54) is 24.8 Å². The van der Waals surface area contributed by atoms with Crippen molar-refractivity contribution in [2.24, 2.45) is 40.2 Å². The van der Waals surface area contributed by atoms with Gasteiger partial charge in [0.15, 0.2) is 0 Å². The van der Waals surface area contributed by atoms with Gasteiger partial charge in [-0.05, 0) is 86.0 Å². The van der Waals surface area contributed by atoms with E-state index in [4.69, 9.17) is 5.73 Å². The van der Waals surface area contributed by atoms with Gasteiger partial charge in [-0.3, -0.25) is 0 Å². The van der Waals surface area contributed by atoms with Crippen LogP contribution in [0.3, 0.4) is 0 Å². The van der Waals surface area contributed by atoms with E-state index in [2.05, 4.69) is 20.4 Å². The van der Waals surface area contributed by atoms with Gasteiger partial charge in [-0.1, -0.05) is 26.0 Å². The third kappa shape index (κ3) is 2.60. The summed E-state index contributed by atoms with van der Waals surface area (Å²) >= 11 is 0. The van der Waals surface area contributed by atoms with Crippen LogP contribution < -0.4 is 5.73 Å². The van der Waals surface area contributed by atoms with E-state index in [1.54, 1.807) is 0 Å². The molecule has 7 atom stereocenters. The number of hydrogen-bond acceptors (Lipinski definition) is 3. The lowest BCUT2D eigenvalue weighted by atomic mass is 9.49. The van der Waals surface area contributed by atoms with Gasteiger partial charge in [0.2, 0.25) is 0 Å². The van der Waals surface area contributed by atoms with Gasteiger partial charge < -0.3 is 15.9 Å². The zero-order valence-corrected chi connectivity index (χ0v) is 14.9. The molecule has 3 heteroatoms. The lowest BCUT2D eigenvalue weighted by Gasteiger charge is -2.56. The topological polar surface area (TPSA) is 66.5 Å². The Morgan fingerprint density at radius 2 is 1.91 bits per heavy atom. The lowest BCUT2D eigenvalue weighted by molar-refractivity contribution is -0.0916. The van der Waals surface area contributed by atoms with Crippen LogP contribution in [-0.4, -0.2) is 29.5 Å². The van der Waals surface area contributed by atoms with Crippen molar-refractivity contribution in [2.45, 2.75) is 64.9 Å². The Bertz CT molecular complexity index is 465. The molecule has 0 aromatic rings. The minimum atomic E-state index is -0.239. The molecule has 132 valence electrons. The number of hydrogen-bond donors (Lipinski definition) is 3. The molecule has 0 radical (unpaired) electrons. The van der Waals surface area contributed by atoms with Gasteiger partial charge in [-0.25, -0.2) is 0 Å². The Hall–Kier alpha value is -0.380. The molecule has 23 heavy (non-hydrogen) atoms. The van der Waals surface area contributed by atoms with E-state index >= 15 is 0 Å². The molecular formula is C20H35NO2. The van der Waals surface area contributed by atoms with Gasteiger partial charge in [-0.2, -0.15) is 0 Å². The zero-order valence-electron chi connectivity index (χ0n) is 14.9. The van der Waals surface area contributed by atoms with Crippen molar-refractivity contribution in [3.8, 4) is 0 Å². The van der Waals surface area contributed by atoms with Gasteiger partial charge in [0.1, 0.15) is 0 Å². The van der Waals surface area contributed by atoms with Crippen LogP contribution in [-0.2, 0) is 0 Å². The van der Waals surface area contributed by atoms with E-state index in [-0.39, 0.29) is 29.5 Å². The lowest BCUT2D eigenvalue weighted by Crippen LogP contribution is -2.52. The molecule has 0 bridgehead atoms. The highest BCUT2D eigenvalue weighted by Gasteiger charge is 2.56. The van der Waals surface area contributed by atoms with Gasteiger partial charge in [0.25, 0.3) is 0 Å². The van der Waals surface area contributed by atoms with E-state index < -0.39 is 0 Å². The largest absolute Gasteiger partial charge is 0.396 e. The van der Waals surface area contributed by atoms with Gasteiger partial charge in [-0.15, -0.1) is 0 Å². The van der Waals surface area contributed by atoms with Crippen molar-refractivity contribution >= 4 is 0 Å². The van der Waals surface area contributed by atoms with Crippen molar-refractivity contribution in [3.05, 3.63) is 12.2 Å². The summed E-state index contributed by atoms with van der Waals surface area (Å²) in [5, 5.41) is 20.0. The summed E-state index contributed by atoms with van der Waals surface area (Å²) in [5.74, 6) is 1.96. The molecule has 3 rings (SSSR count). The quantitative estimate of drug-likeness (QED) is 0.700. The molecule has 3 nitrogen and oxygen atoms in total. The average molecular weight is 322 g/mol. The number of nitrogens with two attached hydrogens (primary N) is 1. The Balaban J connectivity index is 1.89. The molecule has 3 aliphatic rings. The molecule has 0 heterocycles. The Morgan fingerprint density at radius 3 is 2.57 bits per heavy atom. The molecule has 0 spiro atoms. The van der Waals surface area contributed by atoms with Crippen molar-refractivity contribution in [2.75, 3.05) is 13.2 Å². The van der Waals surface area contributed by atoms with Crippen LogP contribution in [0.5, 0.6) is 0 Å². The fraction of sp³-hybridized carbons (Fsp3) is 0.900. The van der Waals surface area contributed by atoms with Gasteiger partial charge in [0, 0.05) is 6.61 Å². The first-order valence-electron chi connectivity index (χ1n) is 9.54. The maximum Gasteiger partial charge on any atom is 0.0544 e. The van der Waals surface area contributed by atoms with E-state index in [0.717, 1.165) is 32.2 Å². The summed E-state index contributed by atoms with van der Waals surface area (Å²) < 4.78 is 0. The molecule has 3 unspecified atom stereocenters. The highest BCUT2D eigenvalue weighted by Crippen LogP contribution is 2.63. The van der Waals surface area contributed by atoms with Crippen molar-refractivity contribution in [1.29, 1.82) is 0 Å². The summed E-state index contributed by atoms with van der Waals surface area (Å²) in [5.41, 5.74) is 8.12. The molecule has 0 saturated heterocycles. The van der Waals surface area contributed by atoms with Crippen LogP contribution >= 0.6 is 0 Å². The van der Waals surface area contributed by atoms with Gasteiger partial charge >= 0.3 is 0 Å². The van der Waals surface area contributed by atoms with Gasteiger partial charge in [0.05, 0.1) is 6.10 Å². The van der Waals surface area contributed by atoms with Crippen LogP contribution in [0.15, 0.2) is 12.2 Å². The van der Waals surface area contributed by atoms with Crippen LogP contribution in [0.4, 0.5) is 0 Å². The van der Waals surface area contributed by atoms with E-state index in [1.807, 2.05) is 0 Å². The summed E-state index contributed by atoms with van der Waals surface area (Å²) in [4.78, 5) is 0. The summed E-state index contributed by atoms with van der Waals surface area (Å²) in [7, 11) is 0. The Morgan fingerprint density at radius 1 is 1.17 bits per heavy atom. The SMILES string of the molecule is C=C1CC[C@H]2C(CN)[C@@H]([C@@]3(C)CCC(O)CC3CO)CC[C@]12C. The molecule has 3 fully saturated rings. The number of aliphatic hydroxyl groups excluding tert-OH is 2. The number of fused-ring (bicyclic) bond motifs is 1. The van der Waals surface area contributed by atoms with Crippen LogP contribution in [0.1, 0.15) is 58.8 Å². The molecule has 0 aromatic carbocycles. The smallest absolute Gasteiger partial charge is 0.0544 e. The maximum atomic E-state index is 10.0. The fourth-order valence-corrected chi connectivity index (χ4v) is 6.51. The number of rotatable bonds is 3.